The molecule has 1 saturated carbocycles. The van der Waals surface area contributed by atoms with Crippen LogP contribution in [0.1, 0.15) is 39.0 Å². The number of nitrogens with zero attached hydrogens (tertiary/aromatic N) is 4. The van der Waals surface area contributed by atoms with Crippen LogP contribution in [0.3, 0.4) is 0 Å². The summed E-state index contributed by atoms with van der Waals surface area (Å²) < 4.78 is 0.946. The van der Waals surface area contributed by atoms with Crippen molar-refractivity contribution in [1.29, 1.82) is 0 Å². The first-order chi connectivity index (χ1) is 15.9. The first kappa shape index (κ1) is 21.6. The lowest BCUT2D eigenvalue weighted by Crippen LogP contribution is -2.54. The SMILES string of the molecule is CC(=O)Nc1nc2ccc(-c3cnc4c(c3)N(C(=O)O)C(C3CCCCC3)CN4C)cc2s1. The van der Waals surface area contributed by atoms with Gasteiger partial charge in [-0.05, 0) is 42.5 Å². The van der Waals surface area contributed by atoms with Gasteiger partial charge in [-0.2, -0.15) is 0 Å². The molecule has 2 aliphatic rings. The van der Waals surface area contributed by atoms with Crippen LogP contribution < -0.4 is 15.1 Å². The van der Waals surface area contributed by atoms with E-state index in [2.05, 4.69) is 20.2 Å². The third kappa shape index (κ3) is 4.13. The molecule has 1 unspecified atom stereocenters. The van der Waals surface area contributed by atoms with Gasteiger partial charge in [-0.1, -0.05) is 36.7 Å². The predicted octanol–water partition coefficient (Wildman–Crippen LogP) is 5.20. The molecule has 1 fully saturated rings. The molecule has 0 radical (unpaired) electrons. The molecule has 0 saturated heterocycles. The topological polar surface area (TPSA) is 98.7 Å². The van der Waals surface area contributed by atoms with Gasteiger partial charge in [0.1, 0.15) is 0 Å². The van der Waals surface area contributed by atoms with Gasteiger partial charge in [0, 0.05) is 32.3 Å². The minimum absolute atomic E-state index is 0.0680. The van der Waals surface area contributed by atoms with Crippen LogP contribution in [0.2, 0.25) is 0 Å². The third-order valence-corrected chi connectivity index (χ3v) is 7.60. The number of anilines is 3. The van der Waals surface area contributed by atoms with Gasteiger partial charge in [-0.25, -0.2) is 14.8 Å². The second-order valence-electron chi connectivity index (χ2n) is 8.95. The quantitative estimate of drug-likeness (QED) is 0.552. The van der Waals surface area contributed by atoms with Crippen molar-refractivity contribution in [2.45, 2.75) is 45.1 Å². The molecule has 5 rings (SSSR count). The van der Waals surface area contributed by atoms with Gasteiger partial charge in [0.05, 0.1) is 21.9 Å². The molecular weight excluding hydrogens is 438 g/mol. The predicted molar refractivity (Wildman–Crippen MR) is 131 cm³/mol. The largest absolute Gasteiger partial charge is 0.465 e. The van der Waals surface area contributed by atoms with Gasteiger partial charge in [-0.3, -0.25) is 9.69 Å². The molecule has 2 aromatic heterocycles. The Morgan fingerprint density at radius 1 is 1.15 bits per heavy atom. The number of likely N-dealkylation sites (N-methyl/N-ethyl adjacent to an activating group) is 1. The van der Waals surface area contributed by atoms with Crippen LogP contribution in [0, 0.1) is 5.92 Å². The lowest BCUT2D eigenvalue weighted by molar-refractivity contribution is -0.114. The van der Waals surface area contributed by atoms with Crippen molar-refractivity contribution in [3.63, 3.8) is 0 Å². The highest BCUT2D eigenvalue weighted by molar-refractivity contribution is 7.22. The monoisotopic (exact) mass is 465 g/mol. The molecule has 1 atom stereocenters. The van der Waals surface area contributed by atoms with E-state index < -0.39 is 6.09 Å². The highest BCUT2D eigenvalue weighted by atomic mass is 32.1. The molecule has 3 aromatic rings. The number of nitrogens with one attached hydrogen (secondary N) is 1. The Balaban J connectivity index is 1.53. The summed E-state index contributed by atoms with van der Waals surface area (Å²) in [6, 6.07) is 7.76. The smallest absolute Gasteiger partial charge is 0.412 e. The summed E-state index contributed by atoms with van der Waals surface area (Å²) in [5.74, 6) is 0.911. The van der Waals surface area contributed by atoms with E-state index in [0.717, 1.165) is 34.2 Å². The van der Waals surface area contributed by atoms with Gasteiger partial charge in [0.2, 0.25) is 5.91 Å². The number of hydrogen-bond donors (Lipinski definition) is 2. The maximum absolute atomic E-state index is 12.4. The standard InChI is InChI=1S/C24H27N5O3S/c1-14(30)26-23-27-18-9-8-16(11-21(18)33-23)17-10-19-22(25-12-17)28(2)13-20(29(19)24(31)32)15-6-4-3-5-7-15/h8-12,15,20H,3-7,13H2,1-2H3,(H,31,32)(H,26,27,30). The van der Waals surface area contributed by atoms with Gasteiger partial charge >= 0.3 is 6.09 Å². The number of rotatable bonds is 3. The summed E-state index contributed by atoms with van der Waals surface area (Å²) in [6.07, 6.45) is 6.59. The van der Waals surface area contributed by atoms with Gasteiger partial charge in [0.15, 0.2) is 10.9 Å². The lowest BCUT2D eigenvalue weighted by Gasteiger charge is -2.44. The van der Waals surface area contributed by atoms with Crippen molar-refractivity contribution in [3.05, 3.63) is 30.5 Å². The fourth-order valence-electron chi connectivity index (χ4n) is 5.13. The molecule has 0 bridgehead atoms. The van der Waals surface area contributed by atoms with E-state index in [-0.39, 0.29) is 11.9 Å². The molecule has 33 heavy (non-hydrogen) atoms. The molecule has 8 nitrogen and oxygen atoms in total. The van der Waals surface area contributed by atoms with Crippen molar-refractivity contribution in [2.24, 2.45) is 5.92 Å². The molecular formula is C24H27N5O3S. The van der Waals surface area contributed by atoms with E-state index >= 15 is 0 Å². The lowest BCUT2D eigenvalue weighted by atomic mass is 9.82. The van der Waals surface area contributed by atoms with Crippen LogP contribution in [0.25, 0.3) is 21.3 Å². The zero-order valence-electron chi connectivity index (χ0n) is 18.7. The van der Waals surface area contributed by atoms with Gasteiger partial charge in [-0.15, -0.1) is 0 Å². The molecule has 3 heterocycles. The molecule has 172 valence electrons. The first-order valence-electron chi connectivity index (χ1n) is 11.3. The van der Waals surface area contributed by atoms with Crippen LogP contribution >= 0.6 is 11.3 Å². The van der Waals surface area contributed by atoms with Crippen molar-refractivity contribution in [2.75, 3.05) is 28.7 Å². The van der Waals surface area contributed by atoms with Gasteiger partial charge in [0.25, 0.3) is 0 Å². The number of aromatic nitrogens is 2. The summed E-state index contributed by atoms with van der Waals surface area (Å²) in [5, 5.41) is 13.5. The van der Waals surface area contributed by atoms with Crippen molar-refractivity contribution < 1.29 is 14.7 Å². The number of thiazole rings is 1. The van der Waals surface area contributed by atoms with E-state index in [9.17, 15) is 14.7 Å². The average molecular weight is 466 g/mol. The minimum atomic E-state index is -0.920. The highest BCUT2D eigenvalue weighted by Crippen LogP contribution is 2.41. The third-order valence-electron chi connectivity index (χ3n) is 6.67. The Kier molecular flexibility index (Phi) is 5.65. The Hall–Kier alpha value is -3.20. The first-order valence-corrected chi connectivity index (χ1v) is 12.1. The number of carbonyl (C=O) groups excluding carboxylic acids is 1. The van der Waals surface area contributed by atoms with Crippen molar-refractivity contribution in [1.82, 2.24) is 9.97 Å². The van der Waals surface area contributed by atoms with Crippen molar-refractivity contribution >= 4 is 50.2 Å². The number of benzene rings is 1. The molecule has 9 heteroatoms. The Morgan fingerprint density at radius 3 is 2.67 bits per heavy atom. The van der Waals surface area contributed by atoms with E-state index in [4.69, 9.17) is 0 Å². The fraction of sp³-hybridized carbons (Fsp3) is 0.417. The van der Waals surface area contributed by atoms with E-state index in [1.54, 1.807) is 11.1 Å². The average Bonchev–Trinajstić information content (AvgIpc) is 3.19. The van der Waals surface area contributed by atoms with Crippen LogP contribution in [-0.2, 0) is 4.79 Å². The van der Waals surface area contributed by atoms with E-state index in [0.29, 0.717) is 29.1 Å². The summed E-state index contributed by atoms with van der Waals surface area (Å²) in [5.41, 5.74) is 3.24. The van der Waals surface area contributed by atoms with Crippen LogP contribution in [0.5, 0.6) is 0 Å². The minimum Gasteiger partial charge on any atom is -0.465 e. The number of fused-ring (bicyclic) bond motifs is 2. The number of pyridine rings is 1. The van der Waals surface area contributed by atoms with Crippen LogP contribution in [-0.4, -0.2) is 46.7 Å². The van der Waals surface area contributed by atoms with E-state index in [1.807, 2.05) is 31.3 Å². The maximum Gasteiger partial charge on any atom is 0.412 e. The van der Waals surface area contributed by atoms with E-state index in [1.165, 1.54) is 37.5 Å². The summed E-state index contributed by atoms with van der Waals surface area (Å²) in [7, 11) is 1.99. The summed E-state index contributed by atoms with van der Waals surface area (Å²) in [6.45, 7) is 2.12. The Bertz CT molecular complexity index is 1220. The van der Waals surface area contributed by atoms with Gasteiger partial charge < -0.3 is 15.3 Å². The molecule has 1 aliphatic carbocycles. The zero-order chi connectivity index (χ0) is 23.1. The number of amides is 2. The Labute approximate surface area is 196 Å². The fourth-order valence-corrected chi connectivity index (χ4v) is 6.09. The molecule has 2 amide bonds. The molecule has 0 spiro atoms. The number of carboxylic acid groups (broad SMARTS) is 1. The maximum atomic E-state index is 12.4. The number of hydrogen-bond acceptors (Lipinski definition) is 6. The zero-order valence-corrected chi connectivity index (χ0v) is 19.6. The summed E-state index contributed by atoms with van der Waals surface area (Å²) >= 11 is 1.41. The molecule has 1 aliphatic heterocycles. The normalized spacial score (nSPS) is 18.9. The Morgan fingerprint density at radius 2 is 1.94 bits per heavy atom. The second kappa shape index (κ2) is 8.62. The second-order valence-corrected chi connectivity index (χ2v) is 9.98. The van der Waals surface area contributed by atoms with Crippen molar-refractivity contribution in [3.8, 4) is 11.1 Å². The molecule has 1 aromatic carbocycles. The highest BCUT2D eigenvalue weighted by Gasteiger charge is 2.39. The number of carbonyl (C=O) groups is 2. The van der Waals surface area contributed by atoms with Crippen LogP contribution in [0.4, 0.5) is 21.4 Å². The summed E-state index contributed by atoms with van der Waals surface area (Å²) in [4.78, 5) is 36.5. The molecule has 2 N–H and O–H groups in total. The van der Waals surface area contributed by atoms with Crippen LogP contribution in [0.15, 0.2) is 30.5 Å².